The number of carbonyl (C=O) groups is 1. The van der Waals surface area contributed by atoms with E-state index >= 15 is 0 Å². The van der Waals surface area contributed by atoms with Gasteiger partial charge in [-0.2, -0.15) is 4.98 Å². The van der Waals surface area contributed by atoms with Crippen molar-refractivity contribution in [3.8, 4) is 0 Å². The van der Waals surface area contributed by atoms with Crippen LogP contribution in [0.4, 0.5) is 11.4 Å². The number of anilines is 2. The first-order valence-corrected chi connectivity index (χ1v) is 9.22. The first-order valence-electron chi connectivity index (χ1n) is 9.22. The van der Waals surface area contributed by atoms with Crippen LogP contribution in [0, 0.1) is 0 Å². The molecule has 2 heterocycles. The van der Waals surface area contributed by atoms with Gasteiger partial charge in [-0.3, -0.25) is 4.79 Å². The van der Waals surface area contributed by atoms with E-state index < -0.39 is 0 Å². The molecule has 6 heteroatoms. The molecule has 1 N–H and O–H groups in total. The van der Waals surface area contributed by atoms with Crippen molar-refractivity contribution in [2.45, 2.75) is 57.4 Å². The van der Waals surface area contributed by atoms with E-state index in [1.807, 2.05) is 24.0 Å². The van der Waals surface area contributed by atoms with Crippen molar-refractivity contribution >= 4 is 17.3 Å². The molecule has 1 aromatic carbocycles. The Hall–Kier alpha value is -2.37. The predicted molar refractivity (Wildman–Crippen MR) is 95.7 cm³/mol. The Morgan fingerprint density at radius 2 is 1.96 bits per heavy atom. The van der Waals surface area contributed by atoms with Crippen molar-refractivity contribution < 1.29 is 9.32 Å². The van der Waals surface area contributed by atoms with Crippen molar-refractivity contribution in [1.29, 1.82) is 0 Å². The van der Waals surface area contributed by atoms with Crippen LogP contribution >= 0.6 is 0 Å². The van der Waals surface area contributed by atoms with Crippen LogP contribution in [-0.4, -0.2) is 28.6 Å². The second-order valence-corrected chi connectivity index (χ2v) is 6.94. The second-order valence-electron chi connectivity index (χ2n) is 6.94. The number of aryl methyl sites for hydroxylation is 1. The number of rotatable bonds is 5. The standard InChI is InChI=1S/C19H24N4O2/c1-2-17-21-19(25-22-17)13-3-5-14(6-4-13)20-15-7-9-16(10-8-15)23-12-11-18(23)24/h7-10,13-14,20H,2-6,11-12H2,1H3. The van der Waals surface area contributed by atoms with E-state index in [1.54, 1.807) is 0 Å². The molecule has 0 unspecified atom stereocenters. The molecule has 6 nitrogen and oxygen atoms in total. The molecular weight excluding hydrogens is 316 g/mol. The third kappa shape index (κ3) is 3.38. The summed E-state index contributed by atoms with van der Waals surface area (Å²) in [7, 11) is 0. The van der Waals surface area contributed by atoms with Crippen LogP contribution in [0.3, 0.4) is 0 Å². The normalized spacial score (nSPS) is 23.4. The smallest absolute Gasteiger partial charge is 0.229 e. The highest BCUT2D eigenvalue weighted by Crippen LogP contribution is 2.33. The lowest BCUT2D eigenvalue weighted by molar-refractivity contribution is -0.122. The van der Waals surface area contributed by atoms with Gasteiger partial charge in [-0.05, 0) is 49.9 Å². The second kappa shape index (κ2) is 6.86. The Labute approximate surface area is 147 Å². The molecule has 1 aliphatic carbocycles. The molecular formula is C19H24N4O2. The molecule has 132 valence electrons. The largest absolute Gasteiger partial charge is 0.382 e. The highest BCUT2D eigenvalue weighted by Gasteiger charge is 2.27. The molecule has 2 fully saturated rings. The van der Waals surface area contributed by atoms with Gasteiger partial charge in [0.05, 0.1) is 0 Å². The molecule has 0 bridgehead atoms. The first-order chi connectivity index (χ1) is 12.2. The number of aromatic nitrogens is 2. The lowest BCUT2D eigenvalue weighted by Gasteiger charge is -2.31. The third-order valence-corrected chi connectivity index (χ3v) is 5.28. The van der Waals surface area contributed by atoms with E-state index in [9.17, 15) is 4.79 Å². The number of carbonyl (C=O) groups excluding carboxylic acids is 1. The van der Waals surface area contributed by atoms with Crippen LogP contribution in [0.15, 0.2) is 28.8 Å². The fraction of sp³-hybridized carbons (Fsp3) is 0.526. The van der Waals surface area contributed by atoms with Gasteiger partial charge in [-0.1, -0.05) is 12.1 Å². The Morgan fingerprint density at radius 3 is 2.52 bits per heavy atom. The van der Waals surface area contributed by atoms with Gasteiger partial charge >= 0.3 is 0 Å². The molecule has 0 atom stereocenters. The maximum Gasteiger partial charge on any atom is 0.229 e. The van der Waals surface area contributed by atoms with Crippen LogP contribution in [0.1, 0.15) is 56.7 Å². The number of hydrogen-bond acceptors (Lipinski definition) is 5. The zero-order valence-corrected chi connectivity index (χ0v) is 14.6. The lowest BCUT2D eigenvalue weighted by Crippen LogP contribution is -2.43. The van der Waals surface area contributed by atoms with Crippen molar-refractivity contribution in [1.82, 2.24) is 10.1 Å². The molecule has 1 saturated heterocycles. The van der Waals surface area contributed by atoms with Crippen LogP contribution in [-0.2, 0) is 11.2 Å². The van der Waals surface area contributed by atoms with Gasteiger partial charge in [0, 0.05) is 42.7 Å². The van der Waals surface area contributed by atoms with E-state index in [0.29, 0.717) is 18.4 Å². The number of β-lactam (4-membered cyclic amide) rings is 1. The maximum absolute atomic E-state index is 11.5. The summed E-state index contributed by atoms with van der Waals surface area (Å²) in [5.74, 6) is 2.21. The van der Waals surface area contributed by atoms with Gasteiger partial charge in [0.25, 0.3) is 0 Å². The number of nitrogens with one attached hydrogen (secondary N) is 1. The van der Waals surface area contributed by atoms with Gasteiger partial charge in [0.15, 0.2) is 5.82 Å². The first kappa shape index (κ1) is 16.1. The van der Waals surface area contributed by atoms with E-state index in [4.69, 9.17) is 4.52 Å². The van der Waals surface area contributed by atoms with Gasteiger partial charge in [0.2, 0.25) is 11.8 Å². The minimum Gasteiger partial charge on any atom is -0.382 e. The molecule has 0 spiro atoms. The number of nitrogens with zero attached hydrogens (tertiary/aromatic N) is 3. The van der Waals surface area contributed by atoms with Crippen LogP contribution < -0.4 is 10.2 Å². The fourth-order valence-corrected chi connectivity index (χ4v) is 3.62. The van der Waals surface area contributed by atoms with Crippen LogP contribution in [0.5, 0.6) is 0 Å². The molecule has 4 rings (SSSR count). The highest BCUT2D eigenvalue weighted by atomic mass is 16.5. The molecule has 0 radical (unpaired) electrons. The van der Waals surface area contributed by atoms with E-state index in [2.05, 4.69) is 27.6 Å². The Morgan fingerprint density at radius 1 is 1.20 bits per heavy atom. The Bertz CT molecular complexity index is 732. The minimum atomic E-state index is 0.214. The van der Waals surface area contributed by atoms with Crippen molar-refractivity contribution in [2.24, 2.45) is 0 Å². The van der Waals surface area contributed by atoms with E-state index in [-0.39, 0.29) is 5.91 Å². The van der Waals surface area contributed by atoms with Crippen LogP contribution in [0.2, 0.25) is 0 Å². The molecule has 1 aliphatic heterocycles. The van der Waals surface area contributed by atoms with E-state index in [0.717, 1.165) is 61.7 Å². The molecule has 2 aliphatic rings. The zero-order valence-electron chi connectivity index (χ0n) is 14.6. The Kier molecular flexibility index (Phi) is 4.42. The fourth-order valence-electron chi connectivity index (χ4n) is 3.62. The number of benzene rings is 1. The topological polar surface area (TPSA) is 71.3 Å². The van der Waals surface area contributed by atoms with Crippen LogP contribution in [0.25, 0.3) is 0 Å². The molecule has 1 amide bonds. The minimum absolute atomic E-state index is 0.214. The van der Waals surface area contributed by atoms with Gasteiger partial charge < -0.3 is 14.7 Å². The lowest BCUT2D eigenvalue weighted by atomic mass is 9.86. The molecule has 25 heavy (non-hydrogen) atoms. The quantitative estimate of drug-likeness (QED) is 0.844. The zero-order chi connectivity index (χ0) is 17.2. The summed E-state index contributed by atoms with van der Waals surface area (Å²) in [5, 5.41) is 7.62. The average molecular weight is 340 g/mol. The molecule has 1 saturated carbocycles. The summed E-state index contributed by atoms with van der Waals surface area (Å²) >= 11 is 0. The summed E-state index contributed by atoms with van der Waals surface area (Å²) in [4.78, 5) is 17.8. The molecule has 2 aromatic rings. The average Bonchev–Trinajstić information content (AvgIpc) is 3.12. The number of hydrogen-bond donors (Lipinski definition) is 1. The summed E-state index contributed by atoms with van der Waals surface area (Å²) in [6.45, 7) is 2.88. The Balaban J connectivity index is 1.30. The monoisotopic (exact) mass is 340 g/mol. The van der Waals surface area contributed by atoms with Crippen molar-refractivity contribution in [3.05, 3.63) is 36.0 Å². The summed E-state index contributed by atoms with van der Waals surface area (Å²) in [6, 6.07) is 8.66. The molecule has 1 aromatic heterocycles. The van der Waals surface area contributed by atoms with Gasteiger partial charge in [0.1, 0.15) is 0 Å². The summed E-state index contributed by atoms with van der Waals surface area (Å²) in [6.07, 6.45) is 5.83. The summed E-state index contributed by atoms with van der Waals surface area (Å²) < 4.78 is 5.40. The predicted octanol–water partition coefficient (Wildman–Crippen LogP) is 3.51. The van der Waals surface area contributed by atoms with Crippen molar-refractivity contribution in [2.75, 3.05) is 16.8 Å². The van der Waals surface area contributed by atoms with Crippen molar-refractivity contribution in [3.63, 3.8) is 0 Å². The van der Waals surface area contributed by atoms with E-state index in [1.165, 1.54) is 0 Å². The highest BCUT2D eigenvalue weighted by molar-refractivity contribution is 5.99. The van der Waals surface area contributed by atoms with Gasteiger partial charge in [-0.25, -0.2) is 0 Å². The third-order valence-electron chi connectivity index (χ3n) is 5.28. The number of amides is 1. The SMILES string of the molecule is CCc1noc(C2CCC(Nc3ccc(N4CCC4=O)cc3)CC2)n1. The summed E-state index contributed by atoms with van der Waals surface area (Å²) in [5.41, 5.74) is 2.11. The maximum atomic E-state index is 11.5. The van der Waals surface area contributed by atoms with Gasteiger partial charge in [-0.15, -0.1) is 0 Å².